The molecule has 1 heterocycles. The summed E-state index contributed by atoms with van der Waals surface area (Å²) in [7, 11) is -2.22. The van der Waals surface area contributed by atoms with Crippen LogP contribution in [0.3, 0.4) is 0 Å². The number of rotatable bonds is 6. The predicted octanol–water partition coefficient (Wildman–Crippen LogP) is 4.26. The molecule has 1 aliphatic heterocycles. The van der Waals surface area contributed by atoms with Gasteiger partial charge in [0.25, 0.3) is 15.9 Å². The quantitative estimate of drug-likeness (QED) is 0.519. The standard InChI is InChI=1S/C27H28N2O5S/c1-19-3-13-25(14-4-19)35(33,34)28(2)23-9-5-22(6-10-23)27(32)29-17-15-21(16-18-29)26(31)20-7-11-24(30)12-8-20/h3-14,21,30H,15-18H2,1-2H3. The van der Waals surface area contributed by atoms with Gasteiger partial charge in [-0.25, -0.2) is 8.42 Å². The summed E-state index contributed by atoms with van der Waals surface area (Å²) in [6.07, 6.45) is 1.14. The third kappa shape index (κ3) is 5.22. The Hall–Kier alpha value is -3.65. The van der Waals surface area contributed by atoms with Gasteiger partial charge in [0.15, 0.2) is 5.78 Å². The number of likely N-dealkylation sites (tertiary alicyclic amines) is 1. The van der Waals surface area contributed by atoms with E-state index in [0.717, 1.165) is 5.56 Å². The molecule has 0 bridgehead atoms. The fourth-order valence-electron chi connectivity index (χ4n) is 4.21. The van der Waals surface area contributed by atoms with Crippen molar-refractivity contribution in [1.82, 2.24) is 4.90 Å². The van der Waals surface area contributed by atoms with Crippen LogP contribution in [0, 0.1) is 12.8 Å². The van der Waals surface area contributed by atoms with E-state index >= 15 is 0 Å². The van der Waals surface area contributed by atoms with Crippen molar-refractivity contribution in [3.05, 3.63) is 89.5 Å². The van der Waals surface area contributed by atoms with Crippen molar-refractivity contribution in [2.45, 2.75) is 24.7 Å². The molecule has 1 saturated heterocycles. The van der Waals surface area contributed by atoms with E-state index in [-0.39, 0.29) is 28.3 Å². The van der Waals surface area contributed by atoms with Gasteiger partial charge in [-0.3, -0.25) is 13.9 Å². The smallest absolute Gasteiger partial charge is 0.264 e. The summed E-state index contributed by atoms with van der Waals surface area (Å²) in [5.74, 6) is -0.158. The lowest BCUT2D eigenvalue weighted by molar-refractivity contribution is 0.0650. The fourth-order valence-corrected chi connectivity index (χ4v) is 5.41. The molecule has 0 unspecified atom stereocenters. The normalized spacial score (nSPS) is 14.5. The highest BCUT2D eigenvalue weighted by Gasteiger charge is 2.29. The number of hydrogen-bond donors (Lipinski definition) is 1. The van der Waals surface area contributed by atoms with Crippen LogP contribution in [-0.4, -0.2) is 50.3 Å². The molecule has 7 nitrogen and oxygen atoms in total. The van der Waals surface area contributed by atoms with Gasteiger partial charge in [0.1, 0.15) is 5.75 Å². The van der Waals surface area contributed by atoms with Crippen molar-refractivity contribution >= 4 is 27.4 Å². The largest absolute Gasteiger partial charge is 0.508 e. The first-order chi connectivity index (χ1) is 16.7. The second kappa shape index (κ2) is 9.92. The van der Waals surface area contributed by atoms with Gasteiger partial charge in [-0.15, -0.1) is 0 Å². The van der Waals surface area contributed by atoms with E-state index in [1.54, 1.807) is 65.6 Å². The Balaban J connectivity index is 1.39. The second-order valence-electron chi connectivity index (χ2n) is 8.81. The highest BCUT2D eigenvalue weighted by Crippen LogP contribution is 2.26. The minimum Gasteiger partial charge on any atom is -0.508 e. The minimum atomic E-state index is -3.71. The van der Waals surface area contributed by atoms with Crippen molar-refractivity contribution in [1.29, 1.82) is 0 Å². The zero-order valence-corrected chi connectivity index (χ0v) is 20.5. The number of benzene rings is 3. The maximum atomic E-state index is 13.0. The van der Waals surface area contributed by atoms with Gasteiger partial charge in [0.2, 0.25) is 0 Å². The van der Waals surface area contributed by atoms with E-state index in [0.29, 0.717) is 42.7 Å². The Morgan fingerprint density at radius 3 is 1.97 bits per heavy atom. The maximum absolute atomic E-state index is 13.0. The number of amides is 1. The monoisotopic (exact) mass is 492 g/mol. The van der Waals surface area contributed by atoms with Crippen LogP contribution in [0.2, 0.25) is 0 Å². The number of sulfonamides is 1. The second-order valence-corrected chi connectivity index (χ2v) is 10.8. The Kier molecular flexibility index (Phi) is 6.93. The molecular weight excluding hydrogens is 464 g/mol. The summed E-state index contributed by atoms with van der Waals surface area (Å²) in [4.78, 5) is 27.6. The third-order valence-electron chi connectivity index (χ3n) is 6.46. The number of aromatic hydroxyl groups is 1. The maximum Gasteiger partial charge on any atom is 0.264 e. The highest BCUT2D eigenvalue weighted by molar-refractivity contribution is 7.92. The van der Waals surface area contributed by atoms with Crippen LogP contribution in [0.25, 0.3) is 0 Å². The number of phenolic OH excluding ortho intramolecular Hbond substituents is 1. The number of Topliss-reactive ketones (excluding diaryl/α,β-unsaturated/α-hetero) is 1. The lowest BCUT2D eigenvalue weighted by atomic mass is 9.88. The third-order valence-corrected chi connectivity index (χ3v) is 8.26. The topological polar surface area (TPSA) is 95.0 Å². The van der Waals surface area contributed by atoms with Crippen molar-refractivity contribution in [3.8, 4) is 5.75 Å². The average Bonchev–Trinajstić information content (AvgIpc) is 2.88. The molecule has 0 saturated carbocycles. The van der Waals surface area contributed by atoms with E-state index in [1.165, 1.54) is 23.5 Å². The van der Waals surface area contributed by atoms with E-state index in [2.05, 4.69) is 0 Å². The van der Waals surface area contributed by atoms with Gasteiger partial charge in [0, 0.05) is 37.2 Å². The van der Waals surface area contributed by atoms with Crippen LogP contribution >= 0.6 is 0 Å². The summed E-state index contributed by atoms with van der Waals surface area (Å²) < 4.78 is 27.1. The SMILES string of the molecule is Cc1ccc(S(=O)(=O)N(C)c2ccc(C(=O)N3CCC(C(=O)c4ccc(O)cc4)CC3)cc2)cc1. The first-order valence-electron chi connectivity index (χ1n) is 11.4. The van der Waals surface area contributed by atoms with E-state index in [4.69, 9.17) is 0 Å². The van der Waals surface area contributed by atoms with Crippen molar-refractivity contribution in [3.63, 3.8) is 0 Å². The molecule has 1 amide bonds. The minimum absolute atomic E-state index is 0.0271. The Labute approximate surface area is 205 Å². The van der Waals surface area contributed by atoms with Crippen LogP contribution < -0.4 is 4.31 Å². The van der Waals surface area contributed by atoms with Gasteiger partial charge in [0.05, 0.1) is 10.6 Å². The molecule has 3 aromatic rings. The van der Waals surface area contributed by atoms with Gasteiger partial charge in [-0.2, -0.15) is 0 Å². The molecule has 1 N–H and O–H groups in total. The Bertz CT molecular complexity index is 1310. The number of aryl methyl sites for hydroxylation is 1. The van der Waals surface area contributed by atoms with Crippen molar-refractivity contribution in [2.24, 2.45) is 5.92 Å². The molecular formula is C27H28N2O5S. The molecule has 0 spiro atoms. The number of phenols is 1. The Morgan fingerprint density at radius 2 is 1.40 bits per heavy atom. The zero-order valence-electron chi connectivity index (χ0n) is 19.7. The molecule has 1 fully saturated rings. The number of nitrogens with zero attached hydrogens (tertiary/aromatic N) is 2. The number of hydrogen-bond acceptors (Lipinski definition) is 5. The summed E-state index contributed by atoms with van der Waals surface area (Å²) in [6, 6.07) is 19.4. The number of piperidine rings is 1. The molecule has 0 atom stereocenters. The molecule has 4 rings (SSSR count). The lowest BCUT2D eigenvalue weighted by Gasteiger charge is -2.31. The van der Waals surface area contributed by atoms with E-state index in [9.17, 15) is 23.1 Å². The van der Waals surface area contributed by atoms with E-state index < -0.39 is 10.0 Å². The molecule has 3 aromatic carbocycles. The molecule has 0 aromatic heterocycles. The van der Waals surface area contributed by atoms with Gasteiger partial charge in [-0.1, -0.05) is 17.7 Å². The molecule has 182 valence electrons. The van der Waals surface area contributed by atoms with Crippen LogP contribution in [0.1, 0.15) is 39.1 Å². The van der Waals surface area contributed by atoms with Crippen molar-refractivity contribution < 1.29 is 23.1 Å². The van der Waals surface area contributed by atoms with Gasteiger partial charge < -0.3 is 10.0 Å². The number of carbonyl (C=O) groups is 2. The summed E-state index contributed by atoms with van der Waals surface area (Å²) >= 11 is 0. The van der Waals surface area contributed by atoms with Crippen LogP contribution in [0.4, 0.5) is 5.69 Å². The van der Waals surface area contributed by atoms with Gasteiger partial charge >= 0.3 is 0 Å². The highest BCUT2D eigenvalue weighted by atomic mass is 32.2. The number of anilines is 1. The summed E-state index contributed by atoms with van der Waals surface area (Å²) in [6.45, 7) is 2.83. The van der Waals surface area contributed by atoms with E-state index in [1.807, 2.05) is 6.92 Å². The summed E-state index contributed by atoms with van der Waals surface area (Å²) in [5.41, 5.74) is 2.47. The van der Waals surface area contributed by atoms with Gasteiger partial charge in [-0.05, 0) is 80.4 Å². The average molecular weight is 493 g/mol. The molecule has 35 heavy (non-hydrogen) atoms. The van der Waals surface area contributed by atoms with Crippen LogP contribution in [0.15, 0.2) is 77.7 Å². The predicted molar refractivity (Wildman–Crippen MR) is 134 cm³/mol. The lowest BCUT2D eigenvalue weighted by Crippen LogP contribution is -2.40. The Morgan fingerprint density at radius 1 is 0.857 bits per heavy atom. The van der Waals surface area contributed by atoms with Crippen molar-refractivity contribution in [2.75, 3.05) is 24.4 Å². The number of ketones is 1. The molecule has 1 aliphatic rings. The first-order valence-corrected chi connectivity index (χ1v) is 12.9. The molecule has 8 heteroatoms. The first kappa shape index (κ1) is 24.5. The fraction of sp³-hybridized carbons (Fsp3) is 0.259. The summed E-state index contributed by atoms with van der Waals surface area (Å²) in [5, 5.41) is 9.41. The zero-order chi connectivity index (χ0) is 25.2. The number of carbonyl (C=O) groups excluding carboxylic acids is 2. The molecule has 0 radical (unpaired) electrons. The van der Waals surface area contributed by atoms with Crippen LogP contribution in [-0.2, 0) is 10.0 Å². The van der Waals surface area contributed by atoms with Crippen LogP contribution in [0.5, 0.6) is 5.75 Å². The molecule has 0 aliphatic carbocycles.